The Morgan fingerprint density at radius 3 is 2.21 bits per heavy atom. The molecule has 12 heteroatoms. The zero-order valence-electron chi connectivity index (χ0n) is 28.3. The Morgan fingerprint density at radius 1 is 0.938 bits per heavy atom. The van der Waals surface area contributed by atoms with E-state index in [0.29, 0.717) is 10.6 Å². The van der Waals surface area contributed by atoms with Crippen LogP contribution < -0.4 is 5.32 Å². The summed E-state index contributed by atoms with van der Waals surface area (Å²) in [5.74, 6) is -1.87. The van der Waals surface area contributed by atoms with Crippen LogP contribution in [0.4, 0.5) is 16.2 Å². The van der Waals surface area contributed by atoms with Gasteiger partial charge in [-0.05, 0) is 61.9 Å². The topological polar surface area (TPSA) is 125 Å². The lowest BCUT2D eigenvalue weighted by atomic mass is 9.86. The number of amidine groups is 1. The van der Waals surface area contributed by atoms with Gasteiger partial charge in [0, 0.05) is 16.2 Å². The lowest BCUT2D eigenvalue weighted by molar-refractivity contribution is -0.137. The molecule has 1 unspecified atom stereocenters. The maximum absolute atomic E-state index is 14.6. The number of nitrogens with zero attached hydrogens (tertiary/aromatic N) is 3. The molecule has 0 aromatic heterocycles. The molecule has 2 aliphatic heterocycles. The summed E-state index contributed by atoms with van der Waals surface area (Å²) in [5.41, 5.74) is -0.128. The molecule has 1 saturated heterocycles. The van der Waals surface area contributed by atoms with E-state index in [1.807, 2.05) is 42.5 Å². The summed E-state index contributed by atoms with van der Waals surface area (Å²) in [4.78, 5) is 47.8. The van der Waals surface area contributed by atoms with E-state index in [2.05, 4.69) is 44.9 Å². The van der Waals surface area contributed by atoms with Crippen molar-refractivity contribution in [1.82, 2.24) is 9.21 Å². The smallest absolute Gasteiger partial charge is 0.418 e. The number of nitrogens with one attached hydrogen (secondary N) is 1. The van der Waals surface area contributed by atoms with E-state index in [9.17, 15) is 22.8 Å². The monoisotopic (exact) mass is 690 g/mol. The molecule has 48 heavy (non-hydrogen) atoms. The SMILES string of the molecule is CC(C)(C)CC(C)(C)Sc1ccccc1NC(=O)C(C1=Nc2ccccc2S(=O)(=O)N1CCc1ccccc1)N1C(=O)OC(C)(C)C1=O. The van der Waals surface area contributed by atoms with Crippen LogP contribution >= 0.6 is 11.8 Å². The molecular formula is C36H42N4O6S2. The van der Waals surface area contributed by atoms with Gasteiger partial charge in [0.1, 0.15) is 4.90 Å². The van der Waals surface area contributed by atoms with Crippen molar-refractivity contribution in [2.24, 2.45) is 10.4 Å². The standard InChI is InChI=1S/C36H42N4O6S2/c1-34(2,3)23-35(4,5)47-27-19-13-11-17-25(27)38-31(41)29(40-32(42)36(6,7)46-33(40)43)30-37-26-18-12-14-20-28(26)48(44,45)39(30)22-21-24-15-9-8-10-16-24/h8-20,29H,21-23H2,1-7H3,(H,38,41). The number of para-hydroxylation sites is 2. The van der Waals surface area contributed by atoms with Crippen LogP contribution in [0.3, 0.4) is 0 Å². The highest BCUT2D eigenvalue weighted by atomic mass is 32.2. The summed E-state index contributed by atoms with van der Waals surface area (Å²) in [6, 6.07) is 21.0. The first-order chi connectivity index (χ1) is 22.4. The number of hydrogen-bond donors (Lipinski definition) is 1. The van der Waals surface area contributed by atoms with Crippen molar-refractivity contribution in [3.05, 3.63) is 84.4 Å². The van der Waals surface area contributed by atoms with Crippen LogP contribution in [0, 0.1) is 5.41 Å². The summed E-state index contributed by atoms with van der Waals surface area (Å²) >= 11 is 1.60. The summed E-state index contributed by atoms with van der Waals surface area (Å²) < 4.78 is 34.7. The van der Waals surface area contributed by atoms with Crippen LogP contribution in [-0.4, -0.2) is 64.3 Å². The Morgan fingerprint density at radius 2 is 1.56 bits per heavy atom. The average Bonchev–Trinajstić information content (AvgIpc) is 3.18. The van der Waals surface area contributed by atoms with Gasteiger partial charge in [-0.25, -0.2) is 23.1 Å². The molecule has 2 heterocycles. The number of thioether (sulfide) groups is 1. The predicted octanol–water partition coefficient (Wildman–Crippen LogP) is 7.04. The molecule has 0 bridgehead atoms. The first kappa shape index (κ1) is 35.2. The molecule has 5 rings (SSSR count). The number of imide groups is 1. The first-order valence-corrected chi connectivity index (χ1v) is 18.1. The zero-order valence-corrected chi connectivity index (χ0v) is 29.9. The maximum Gasteiger partial charge on any atom is 0.418 e. The number of carbonyl (C=O) groups excluding carboxylic acids is 3. The molecule has 0 saturated carbocycles. The Labute approximate surface area is 287 Å². The van der Waals surface area contributed by atoms with Crippen LogP contribution in [0.5, 0.6) is 0 Å². The second-order valence-corrected chi connectivity index (χ2v) is 17.9. The second kappa shape index (κ2) is 13.0. The Bertz CT molecular complexity index is 1870. The maximum atomic E-state index is 14.6. The van der Waals surface area contributed by atoms with Gasteiger partial charge in [0.05, 0.1) is 11.4 Å². The van der Waals surface area contributed by atoms with Gasteiger partial charge < -0.3 is 10.1 Å². The second-order valence-electron chi connectivity index (χ2n) is 14.3. The van der Waals surface area contributed by atoms with E-state index in [0.717, 1.165) is 21.2 Å². The summed E-state index contributed by atoms with van der Waals surface area (Å²) in [5, 5.41) is 2.92. The average molecular weight is 691 g/mol. The van der Waals surface area contributed by atoms with Crippen LogP contribution in [-0.2, 0) is 30.8 Å². The Balaban J connectivity index is 1.61. The number of anilines is 1. The van der Waals surface area contributed by atoms with Crippen molar-refractivity contribution in [3.63, 3.8) is 0 Å². The lowest BCUT2D eigenvalue weighted by Gasteiger charge is -2.35. The van der Waals surface area contributed by atoms with E-state index in [-0.39, 0.29) is 39.5 Å². The van der Waals surface area contributed by atoms with E-state index >= 15 is 0 Å². The fourth-order valence-corrected chi connectivity index (χ4v) is 9.28. The van der Waals surface area contributed by atoms with Crippen molar-refractivity contribution in [2.45, 2.75) is 87.5 Å². The molecule has 1 atom stereocenters. The van der Waals surface area contributed by atoms with Gasteiger partial charge in [0.25, 0.3) is 21.8 Å². The Kier molecular flexibility index (Phi) is 9.55. The molecule has 3 aromatic carbocycles. The normalized spacial score (nSPS) is 17.8. The number of sulfonamides is 1. The van der Waals surface area contributed by atoms with Crippen LogP contribution in [0.15, 0.2) is 93.6 Å². The van der Waals surface area contributed by atoms with Gasteiger partial charge in [-0.1, -0.05) is 89.2 Å². The van der Waals surface area contributed by atoms with Crippen molar-refractivity contribution in [1.29, 1.82) is 0 Å². The zero-order chi connectivity index (χ0) is 35.1. The van der Waals surface area contributed by atoms with Gasteiger partial charge in [-0.2, -0.15) is 0 Å². The Hall–Kier alpha value is -4.16. The molecule has 0 radical (unpaired) electrons. The lowest BCUT2D eigenvalue weighted by Crippen LogP contribution is -2.59. The molecule has 0 spiro atoms. The van der Waals surface area contributed by atoms with Crippen LogP contribution in [0.25, 0.3) is 0 Å². The van der Waals surface area contributed by atoms with E-state index in [1.54, 1.807) is 36.0 Å². The van der Waals surface area contributed by atoms with Gasteiger partial charge >= 0.3 is 6.09 Å². The summed E-state index contributed by atoms with van der Waals surface area (Å²) in [6.45, 7) is 13.5. The third-order valence-electron chi connectivity index (χ3n) is 7.88. The molecule has 10 nitrogen and oxygen atoms in total. The van der Waals surface area contributed by atoms with Crippen molar-refractivity contribution < 1.29 is 27.5 Å². The van der Waals surface area contributed by atoms with E-state index in [1.165, 1.54) is 26.0 Å². The largest absolute Gasteiger partial charge is 0.433 e. The fraction of sp³-hybridized carbons (Fsp3) is 0.389. The number of hydrogen-bond acceptors (Lipinski definition) is 8. The summed E-state index contributed by atoms with van der Waals surface area (Å²) in [6.07, 6.45) is 0.0893. The number of amides is 3. The number of ether oxygens (including phenoxy) is 1. The quantitative estimate of drug-likeness (QED) is 0.226. The minimum atomic E-state index is -4.27. The predicted molar refractivity (Wildman–Crippen MR) is 188 cm³/mol. The minimum absolute atomic E-state index is 0.0422. The van der Waals surface area contributed by atoms with Gasteiger partial charge in [-0.15, -0.1) is 11.8 Å². The van der Waals surface area contributed by atoms with Crippen molar-refractivity contribution in [3.8, 4) is 0 Å². The highest BCUT2D eigenvalue weighted by molar-refractivity contribution is 8.00. The third-order valence-corrected chi connectivity index (χ3v) is 11.0. The first-order valence-electron chi connectivity index (χ1n) is 15.8. The third kappa shape index (κ3) is 7.44. The molecule has 3 aromatic rings. The van der Waals surface area contributed by atoms with Gasteiger partial charge in [-0.3, -0.25) is 13.9 Å². The molecule has 254 valence electrons. The number of fused-ring (bicyclic) bond motifs is 1. The molecule has 0 aliphatic carbocycles. The summed E-state index contributed by atoms with van der Waals surface area (Å²) in [7, 11) is -4.27. The highest BCUT2D eigenvalue weighted by Gasteiger charge is 2.55. The van der Waals surface area contributed by atoms with Crippen molar-refractivity contribution >= 4 is 56.9 Å². The molecule has 1 fully saturated rings. The van der Waals surface area contributed by atoms with Crippen molar-refractivity contribution in [2.75, 3.05) is 11.9 Å². The van der Waals surface area contributed by atoms with E-state index < -0.39 is 39.6 Å². The number of aliphatic imine (C=N–C) groups is 1. The number of rotatable bonds is 10. The number of benzene rings is 3. The molecule has 3 amide bonds. The highest BCUT2D eigenvalue weighted by Crippen LogP contribution is 2.43. The van der Waals surface area contributed by atoms with Gasteiger partial charge in [0.15, 0.2) is 17.5 Å². The molecular weight excluding hydrogens is 649 g/mol. The molecule has 1 N–H and O–H groups in total. The van der Waals surface area contributed by atoms with E-state index in [4.69, 9.17) is 4.74 Å². The minimum Gasteiger partial charge on any atom is -0.433 e. The number of cyclic esters (lactones) is 1. The fourth-order valence-electron chi connectivity index (χ4n) is 6.22. The van der Waals surface area contributed by atoms with Crippen LogP contribution in [0.2, 0.25) is 0 Å². The molecule has 2 aliphatic rings. The van der Waals surface area contributed by atoms with Crippen LogP contribution in [0.1, 0.15) is 60.5 Å². The number of carbonyl (C=O) groups is 3. The van der Waals surface area contributed by atoms with Gasteiger partial charge in [0.2, 0.25) is 0 Å².